The van der Waals surface area contributed by atoms with E-state index in [2.05, 4.69) is 21.1 Å². The second-order valence-corrected chi connectivity index (χ2v) is 3.80. The number of nitrogens with two attached hydrogens (primary N) is 2. The van der Waals surface area contributed by atoms with Gasteiger partial charge < -0.3 is 16.0 Å². The van der Waals surface area contributed by atoms with E-state index < -0.39 is 0 Å². The van der Waals surface area contributed by atoms with E-state index in [0.717, 1.165) is 17.4 Å². The standard InChI is InChI=1S/C7H20N3.ClH/c1-10(2,3)5-4-7(9)6-8;/h7H,4-6,8-9H2,1-3H3;1H/q+1;. The number of quaternary nitrogens is 1. The largest absolute Gasteiger partial charge is 0.331 e. The summed E-state index contributed by atoms with van der Waals surface area (Å²) in [6.07, 6.45) is 1.01. The topological polar surface area (TPSA) is 52.0 Å². The summed E-state index contributed by atoms with van der Waals surface area (Å²) in [7, 11) is 6.47. The average molecular weight is 183 g/mol. The third-order valence-electron chi connectivity index (χ3n) is 1.47. The van der Waals surface area contributed by atoms with Crippen LogP contribution >= 0.6 is 12.4 Å². The molecule has 3 nitrogen and oxygen atoms in total. The average Bonchev–Trinajstić information content (AvgIpc) is 1.81. The molecule has 0 aromatic heterocycles. The van der Waals surface area contributed by atoms with Gasteiger partial charge in [0, 0.05) is 19.0 Å². The number of rotatable bonds is 4. The van der Waals surface area contributed by atoms with Crippen molar-refractivity contribution in [2.24, 2.45) is 11.5 Å². The van der Waals surface area contributed by atoms with Gasteiger partial charge in [0.15, 0.2) is 0 Å². The molecule has 0 heterocycles. The van der Waals surface area contributed by atoms with E-state index in [0.29, 0.717) is 6.54 Å². The van der Waals surface area contributed by atoms with E-state index in [-0.39, 0.29) is 18.4 Å². The van der Waals surface area contributed by atoms with Crippen LogP contribution < -0.4 is 11.5 Å². The molecule has 0 aliphatic heterocycles. The van der Waals surface area contributed by atoms with Gasteiger partial charge in [-0.05, 0) is 0 Å². The molecule has 1 atom stereocenters. The second-order valence-electron chi connectivity index (χ2n) is 3.80. The molecule has 4 N–H and O–H groups in total. The monoisotopic (exact) mass is 182 g/mol. The first-order valence-electron chi connectivity index (χ1n) is 3.72. The van der Waals surface area contributed by atoms with Crippen LogP contribution in [0.5, 0.6) is 0 Å². The van der Waals surface area contributed by atoms with E-state index >= 15 is 0 Å². The van der Waals surface area contributed by atoms with Gasteiger partial charge in [0.2, 0.25) is 0 Å². The van der Waals surface area contributed by atoms with Crippen LogP contribution in [0.2, 0.25) is 0 Å². The van der Waals surface area contributed by atoms with Crippen LogP contribution in [0.4, 0.5) is 0 Å². The second kappa shape index (κ2) is 5.77. The third kappa shape index (κ3) is 10.2. The first-order valence-corrected chi connectivity index (χ1v) is 3.72. The lowest BCUT2D eigenvalue weighted by atomic mass is 10.2. The maximum Gasteiger partial charge on any atom is 0.0795 e. The van der Waals surface area contributed by atoms with Crippen molar-refractivity contribution in [1.29, 1.82) is 0 Å². The highest BCUT2D eigenvalue weighted by Crippen LogP contribution is 1.94. The quantitative estimate of drug-likeness (QED) is 0.592. The molecular formula is C7H21ClN3+. The summed E-state index contributed by atoms with van der Waals surface area (Å²) >= 11 is 0. The van der Waals surface area contributed by atoms with Crippen molar-refractivity contribution in [3.8, 4) is 0 Å². The molecular weight excluding hydrogens is 162 g/mol. The van der Waals surface area contributed by atoms with Gasteiger partial charge in [-0.25, -0.2) is 0 Å². The van der Waals surface area contributed by atoms with Crippen molar-refractivity contribution in [3.63, 3.8) is 0 Å². The van der Waals surface area contributed by atoms with Gasteiger partial charge in [-0.3, -0.25) is 0 Å². The van der Waals surface area contributed by atoms with Crippen LogP contribution in [0.3, 0.4) is 0 Å². The van der Waals surface area contributed by atoms with Crippen molar-refractivity contribution in [3.05, 3.63) is 0 Å². The van der Waals surface area contributed by atoms with Gasteiger partial charge in [0.25, 0.3) is 0 Å². The summed E-state index contributed by atoms with van der Waals surface area (Å²) in [6, 6.07) is 0.178. The van der Waals surface area contributed by atoms with Crippen LogP contribution in [0, 0.1) is 0 Å². The number of nitrogens with zero attached hydrogens (tertiary/aromatic N) is 1. The molecule has 0 rings (SSSR count). The molecule has 0 amide bonds. The molecule has 0 aromatic carbocycles. The fourth-order valence-corrected chi connectivity index (χ4v) is 0.671. The first kappa shape index (κ1) is 13.7. The molecule has 0 spiro atoms. The van der Waals surface area contributed by atoms with Gasteiger partial charge >= 0.3 is 0 Å². The van der Waals surface area contributed by atoms with Crippen LogP contribution in [-0.4, -0.2) is 44.8 Å². The highest BCUT2D eigenvalue weighted by molar-refractivity contribution is 5.85. The Labute approximate surface area is 75.7 Å². The van der Waals surface area contributed by atoms with E-state index in [4.69, 9.17) is 11.5 Å². The Kier molecular flexibility index (Phi) is 7.21. The van der Waals surface area contributed by atoms with E-state index in [1.807, 2.05) is 0 Å². The SMILES string of the molecule is C[N+](C)(C)CCC(N)CN.Cl. The fraction of sp³-hybridized carbons (Fsp3) is 1.00. The highest BCUT2D eigenvalue weighted by Gasteiger charge is 2.08. The number of halogens is 1. The third-order valence-corrected chi connectivity index (χ3v) is 1.47. The Morgan fingerprint density at radius 2 is 1.73 bits per heavy atom. The molecule has 0 bridgehead atoms. The Bertz CT molecular complexity index is 90.2. The summed E-state index contributed by atoms with van der Waals surface area (Å²) in [5.41, 5.74) is 11.0. The van der Waals surface area contributed by atoms with E-state index in [1.54, 1.807) is 0 Å². The lowest BCUT2D eigenvalue weighted by Gasteiger charge is -2.25. The summed E-state index contributed by atoms with van der Waals surface area (Å²) in [4.78, 5) is 0. The van der Waals surface area contributed by atoms with E-state index in [1.165, 1.54) is 0 Å². The molecule has 0 saturated heterocycles. The molecule has 4 heteroatoms. The van der Waals surface area contributed by atoms with Gasteiger partial charge in [0.1, 0.15) is 0 Å². The van der Waals surface area contributed by atoms with Crippen molar-refractivity contribution >= 4 is 12.4 Å². The highest BCUT2D eigenvalue weighted by atomic mass is 35.5. The van der Waals surface area contributed by atoms with Crippen molar-refractivity contribution in [2.75, 3.05) is 34.2 Å². The van der Waals surface area contributed by atoms with Gasteiger partial charge in [-0.15, -0.1) is 12.4 Å². The lowest BCUT2D eigenvalue weighted by molar-refractivity contribution is -0.870. The predicted octanol–water partition coefficient (Wildman–Crippen LogP) is -0.209. The van der Waals surface area contributed by atoms with Gasteiger partial charge in [-0.2, -0.15) is 0 Å². The lowest BCUT2D eigenvalue weighted by Crippen LogP contribution is -2.40. The molecule has 0 radical (unpaired) electrons. The zero-order chi connectivity index (χ0) is 8.20. The Morgan fingerprint density at radius 3 is 2.00 bits per heavy atom. The number of hydrogen-bond acceptors (Lipinski definition) is 2. The summed E-state index contributed by atoms with van der Waals surface area (Å²) in [5.74, 6) is 0. The van der Waals surface area contributed by atoms with Crippen LogP contribution in [0.25, 0.3) is 0 Å². The minimum atomic E-state index is 0. The Hall–Kier alpha value is 0.170. The zero-order valence-electron chi connectivity index (χ0n) is 7.71. The fourth-order valence-electron chi connectivity index (χ4n) is 0.671. The first-order chi connectivity index (χ1) is 4.45. The Balaban J connectivity index is 0. The van der Waals surface area contributed by atoms with Crippen LogP contribution in [-0.2, 0) is 0 Å². The molecule has 0 aliphatic carbocycles. The maximum atomic E-state index is 5.65. The van der Waals surface area contributed by atoms with Crippen molar-refractivity contribution < 1.29 is 4.48 Å². The minimum Gasteiger partial charge on any atom is -0.331 e. The van der Waals surface area contributed by atoms with Crippen LogP contribution in [0.1, 0.15) is 6.42 Å². The molecule has 0 fully saturated rings. The molecule has 0 aromatic rings. The smallest absolute Gasteiger partial charge is 0.0795 e. The summed E-state index contributed by atoms with van der Waals surface area (Å²) < 4.78 is 0.966. The summed E-state index contributed by atoms with van der Waals surface area (Å²) in [5, 5.41) is 0. The summed E-state index contributed by atoms with van der Waals surface area (Å²) in [6.45, 7) is 1.69. The Morgan fingerprint density at radius 1 is 1.27 bits per heavy atom. The van der Waals surface area contributed by atoms with Gasteiger partial charge in [0.05, 0.1) is 27.7 Å². The van der Waals surface area contributed by atoms with E-state index in [9.17, 15) is 0 Å². The van der Waals surface area contributed by atoms with Crippen molar-refractivity contribution in [1.82, 2.24) is 0 Å². The molecule has 11 heavy (non-hydrogen) atoms. The predicted molar refractivity (Wildman–Crippen MR) is 51.8 cm³/mol. The molecule has 0 saturated carbocycles. The minimum absolute atomic E-state index is 0. The van der Waals surface area contributed by atoms with Crippen molar-refractivity contribution in [2.45, 2.75) is 12.5 Å². The number of hydrogen-bond donors (Lipinski definition) is 2. The molecule has 1 unspecified atom stereocenters. The van der Waals surface area contributed by atoms with Gasteiger partial charge in [-0.1, -0.05) is 0 Å². The maximum absolute atomic E-state index is 5.65. The normalized spacial score (nSPS) is 13.9. The molecule has 0 aliphatic rings. The van der Waals surface area contributed by atoms with Crippen LogP contribution in [0.15, 0.2) is 0 Å². The molecule has 70 valence electrons. The zero-order valence-corrected chi connectivity index (χ0v) is 8.53.